The molecule has 0 atom stereocenters. The van der Waals surface area contributed by atoms with Gasteiger partial charge >= 0.3 is 0 Å². The van der Waals surface area contributed by atoms with Crippen LogP contribution >= 0.6 is 0 Å². The predicted molar refractivity (Wildman–Crippen MR) is 110 cm³/mol. The van der Waals surface area contributed by atoms with Gasteiger partial charge in [-0.25, -0.2) is 12.8 Å². The molecule has 1 N–H and O–H groups in total. The lowest BCUT2D eigenvalue weighted by atomic mass is 10.0. The van der Waals surface area contributed by atoms with E-state index in [-0.39, 0.29) is 10.8 Å². The molecule has 5 nitrogen and oxygen atoms in total. The van der Waals surface area contributed by atoms with Gasteiger partial charge in [-0.2, -0.15) is 0 Å². The van der Waals surface area contributed by atoms with Crippen LogP contribution in [0.2, 0.25) is 0 Å². The number of amides is 1. The Morgan fingerprint density at radius 1 is 0.966 bits per heavy atom. The molecule has 29 heavy (non-hydrogen) atoms. The Bertz CT molecular complexity index is 1150. The van der Waals surface area contributed by atoms with Gasteiger partial charge in [-0.05, 0) is 73.0 Å². The van der Waals surface area contributed by atoms with Crippen LogP contribution in [0.25, 0.3) is 0 Å². The normalized spacial score (nSPS) is 13.6. The van der Waals surface area contributed by atoms with E-state index in [0.717, 1.165) is 12.0 Å². The highest BCUT2D eigenvalue weighted by Crippen LogP contribution is 2.33. The molecule has 0 aromatic heterocycles. The zero-order chi connectivity index (χ0) is 20.4. The third kappa shape index (κ3) is 3.86. The van der Waals surface area contributed by atoms with E-state index in [1.54, 1.807) is 48.5 Å². The van der Waals surface area contributed by atoms with E-state index in [1.807, 2.05) is 0 Å². The van der Waals surface area contributed by atoms with Gasteiger partial charge in [-0.3, -0.25) is 9.10 Å². The van der Waals surface area contributed by atoms with Crippen molar-refractivity contribution in [2.75, 3.05) is 16.2 Å². The second-order valence-corrected chi connectivity index (χ2v) is 8.66. The quantitative estimate of drug-likeness (QED) is 0.700. The van der Waals surface area contributed by atoms with Crippen LogP contribution in [0, 0.1) is 5.82 Å². The van der Waals surface area contributed by atoms with Crippen molar-refractivity contribution in [3.8, 4) is 0 Å². The summed E-state index contributed by atoms with van der Waals surface area (Å²) in [7, 11) is -3.65. The Morgan fingerprint density at radius 2 is 1.69 bits per heavy atom. The number of sulfonamides is 1. The number of rotatable bonds is 4. The number of hydrogen-bond donors (Lipinski definition) is 1. The van der Waals surface area contributed by atoms with E-state index in [9.17, 15) is 17.6 Å². The van der Waals surface area contributed by atoms with Gasteiger partial charge in [0, 0.05) is 17.8 Å². The smallest absolute Gasteiger partial charge is 0.264 e. The number of benzene rings is 3. The van der Waals surface area contributed by atoms with Crippen LogP contribution < -0.4 is 9.62 Å². The molecule has 1 amide bonds. The largest absolute Gasteiger partial charge is 0.322 e. The molecule has 3 aromatic carbocycles. The van der Waals surface area contributed by atoms with Gasteiger partial charge in [0.05, 0.1) is 10.6 Å². The Morgan fingerprint density at radius 3 is 2.41 bits per heavy atom. The molecule has 0 aliphatic carbocycles. The molecular weight excluding hydrogens is 391 g/mol. The number of anilines is 2. The minimum absolute atomic E-state index is 0.251. The second-order valence-electron chi connectivity index (χ2n) is 6.80. The first-order valence-corrected chi connectivity index (χ1v) is 10.7. The number of aryl methyl sites for hydroxylation is 1. The molecule has 0 saturated carbocycles. The van der Waals surface area contributed by atoms with E-state index in [2.05, 4.69) is 5.32 Å². The van der Waals surface area contributed by atoms with Crippen LogP contribution in [0.3, 0.4) is 0 Å². The summed E-state index contributed by atoms with van der Waals surface area (Å²) < 4.78 is 40.6. The number of hydrogen-bond acceptors (Lipinski definition) is 3. The average molecular weight is 410 g/mol. The van der Waals surface area contributed by atoms with Crippen molar-refractivity contribution in [3.05, 3.63) is 89.7 Å². The van der Waals surface area contributed by atoms with Crippen molar-refractivity contribution < 1.29 is 17.6 Å². The topological polar surface area (TPSA) is 66.5 Å². The van der Waals surface area contributed by atoms with Gasteiger partial charge in [-0.15, -0.1) is 0 Å². The predicted octanol–water partition coefficient (Wildman–Crippen LogP) is 4.22. The third-order valence-corrected chi connectivity index (χ3v) is 6.68. The summed E-state index contributed by atoms with van der Waals surface area (Å²) in [6, 6.07) is 18.8. The van der Waals surface area contributed by atoms with Crippen LogP contribution in [-0.2, 0) is 16.4 Å². The lowest BCUT2D eigenvalue weighted by Gasteiger charge is -2.30. The van der Waals surface area contributed by atoms with E-state index in [0.29, 0.717) is 29.9 Å². The maximum atomic E-state index is 13.1. The lowest BCUT2D eigenvalue weighted by molar-refractivity contribution is 0.102. The standard InChI is InChI=1S/C22H19FN2O3S/c23-18-10-8-16(9-11-18)22(26)24-19-12-13-21-17(15-19)5-4-14-25(21)29(27,28)20-6-2-1-3-7-20/h1-3,6-13,15H,4-5,14H2,(H,24,26). The molecule has 0 bridgehead atoms. The van der Waals surface area contributed by atoms with Gasteiger partial charge in [0.1, 0.15) is 5.82 Å². The van der Waals surface area contributed by atoms with Crippen molar-refractivity contribution in [2.24, 2.45) is 0 Å². The number of nitrogens with one attached hydrogen (secondary N) is 1. The summed E-state index contributed by atoms with van der Waals surface area (Å²) in [5, 5.41) is 2.78. The molecular formula is C22H19FN2O3S. The highest BCUT2D eigenvalue weighted by atomic mass is 32.2. The van der Waals surface area contributed by atoms with Crippen molar-refractivity contribution in [1.82, 2.24) is 0 Å². The molecule has 1 heterocycles. The summed E-state index contributed by atoms with van der Waals surface area (Å²) in [6.45, 7) is 0.408. The maximum absolute atomic E-state index is 13.1. The Labute approximate surface area is 168 Å². The number of halogens is 1. The molecule has 7 heteroatoms. The lowest BCUT2D eigenvalue weighted by Crippen LogP contribution is -2.35. The number of carbonyl (C=O) groups excluding carboxylic acids is 1. The fourth-order valence-electron chi connectivity index (χ4n) is 3.41. The van der Waals surface area contributed by atoms with E-state index in [1.165, 1.54) is 28.6 Å². The van der Waals surface area contributed by atoms with E-state index >= 15 is 0 Å². The van der Waals surface area contributed by atoms with Gasteiger partial charge in [0.15, 0.2) is 0 Å². The molecule has 0 fully saturated rings. The molecule has 1 aliphatic heterocycles. The summed E-state index contributed by atoms with van der Waals surface area (Å²) >= 11 is 0. The van der Waals surface area contributed by atoms with Crippen molar-refractivity contribution in [3.63, 3.8) is 0 Å². The molecule has 3 aromatic rings. The molecule has 4 rings (SSSR count). The van der Waals surface area contributed by atoms with Gasteiger partial charge in [0.25, 0.3) is 15.9 Å². The maximum Gasteiger partial charge on any atom is 0.264 e. The fraction of sp³-hybridized carbons (Fsp3) is 0.136. The molecule has 0 saturated heterocycles. The zero-order valence-corrected chi connectivity index (χ0v) is 16.3. The highest BCUT2D eigenvalue weighted by molar-refractivity contribution is 7.92. The fourth-order valence-corrected chi connectivity index (χ4v) is 4.98. The Balaban J connectivity index is 1.60. The third-order valence-electron chi connectivity index (χ3n) is 4.85. The van der Waals surface area contributed by atoms with Crippen molar-refractivity contribution >= 4 is 27.3 Å². The molecule has 148 valence electrons. The first-order valence-electron chi connectivity index (χ1n) is 9.23. The van der Waals surface area contributed by atoms with Crippen LogP contribution in [0.1, 0.15) is 22.3 Å². The monoisotopic (exact) mass is 410 g/mol. The zero-order valence-electron chi connectivity index (χ0n) is 15.5. The molecule has 0 unspecified atom stereocenters. The minimum atomic E-state index is -3.65. The number of fused-ring (bicyclic) bond motifs is 1. The first kappa shape index (κ1) is 19.1. The van der Waals surface area contributed by atoms with Crippen LogP contribution in [0.5, 0.6) is 0 Å². The molecule has 1 aliphatic rings. The number of carbonyl (C=O) groups is 1. The van der Waals surface area contributed by atoms with Crippen LogP contribution in [-0.4, -0.2) is 20.9 Å². The molecule has 0 spiro atoms. The summed E-state index contributed by atoms with van der Waals surface area (Å²) in [5.74, 6) is -0.760. The van der Waals surface area contributed by atoms with Gasteiger partial charge < -0.3 is 5.32 Å². The Hall–Kier alpha value is -3.19. The average Bonchev–Trinajstić information content (AvgIpc) is 2.74. The minimum Gasteiger partial charge on any atom is -0.322 e. The van der Waals surface area contributed by atoms with Crippen LogP contribution in [0.15, 0.2) is 77.7 Å². The van der Waals surface area contributed by atoms with Crippen molar-refractivity contribution in [2.45, 2.75) is 17.7 Å². The van der Waals surface area contributed by atoms with Gasteiger partial charge in [-0.1, -0.05) is 18.2 Å². The second kappa shape index (κ2) is 7.67. The summed E-state index contributed by atoms with van der Waals surface area (Å²) in [4.78, 5) is 12.6. The van der Waals surface area contributed by atoms with Crippen molar-refractivity contribution in [1.29, 1.82) is 0 Å². The van der Waals surface area contributed by atoms with E-state index in [4.69, 9.17) is 0 Å². The highest BCUT2D eigenvalue weighted by Gasteiger charge is 2.29. The van der Waals surface area contributed by atoms with Gasteiger partial charge in [0.2, 0.25) is 0 Å². The number of nitrogens with zero attached hydrogens (tertiary/aromatic N) is 1. The SMILES string of the molecule is O=C(Nc1ccc2c(c1)CCCN2S(=O)(=O)c1ccccc1)c1ccc(F)cc1. The Kier molecular flexibility index (Phi) is 5.07. The van der Waals surface area contributed by atoms with E-state index < -0.39 is 15.8 Å². The molecule has 0 radical (unpaired) electrons. The van der Waals surface area contributed by atoms with Crippen LogP contribution in [0.4, 0.5) is 15.8 Å². The summed E-state index contributed by atoms with van der Waals surface area (Å²) in [6.07, 6.45) is 1.41. The first-order chi connectivity index (χ1) is 13.9. The summed E-state index contributed by atoms with van der Waals surface area (Å²) in [5.41, 5.74) is 2.39.